The molecule has 0 radical (unpaired) electrons. The number of hydrogen-bond donors (Lipinski definition) is 1. The number of aliphatic hydroxyl groups is 1. The summed E-state index contributed by atoms with van der Waals surface area (Å²) in [7, 11) is 6.86. The molecule has 0 amide bonds. The molecule has 72 valence electrons. The molecular formula is C10H13ClOS. The number of aryl methyl sites for hydroxylation is 1. The molecule has 0 spiro atoms. The molecule has 13 heavy (non-hydrogen) atoms. The second-order valence-corrected chi connectivity index (χ2v) is 4.13. The van der Waals surface area contributed by atoms with E-state index in [0.29, 0.717) is 0 Å². The summed E-state index contributed by atoms with van der Waals surface area (Å²) in [5.74, 6) is 0.945. The summed E-state index contributed by atoms with van der Waals surface area (Å²) in [6, 6.07) is 8.31. The normalized spacial score (nSPS) is 10.3. The first-order chi connectivity index (χ1) is 6.36. The van der Waals surface area contributed by atoms with E-state index in [4.69, 9.17) is 15.8 Å². The Morgan fingerprint density at radius 2 is 1.62 bits per heavy atom. The summed E-state index contributed by atoms with van der Waals surface area (Å²) in [5, 5.41) is 8.71. The third-order valence-corrected chi connectivity index (χ3v) is 2.71. The number of rotatable bonds is 5. The third-order valence-electron chi connectivity index (χ3n) is 1.89. The molecule has 0 atom stereocenters. The lowest BCUT2D eigenvalue weighted by Crippen LogP contribution is -1.92. The SMILES string of the molecule is OCCc1ccc(CCSCl)cc1. The Morgan fingerprint density at radius 1 is 1.08 bits per heavy atom. The van der Waals surface area contributed by atoms with E-state index in [0.717, 1.165) is 18.6 Å². The molecule has 0 unspecified atom stereocenters. The summed E-state index contributed by atoms with van der Waals surface area (Å²) >= 11 is 0. The molecule has 0 bridgehead atoms. The molecule has 1 N–H and O–H groups in total. The first-order valence-electron chi connectivity index (χ1n) is 4.29. The molecular weight excluding hydrogens is 204 g/mol. The van der Waals surface area contributed by atoms with Crippen LogP contribution in [0, 0.1) is 0 Å². The van der Waals surface area contributed by atoms with Crippen molar-refractivity contribution in [2.24, 2.45) is 0 Å². The highest BCUT2D eigenvalue weighted by Gasteiger charge is 1.94. The van der Waals surface area contributed by atoms with Gasteiger partial charge in [0.2, 0.25) is 0 Å². The lowest BCUT2D eigenvalue weighted by molar-refractivity contribution is 0.299. The lowest BCUT2D eigenvalue weighted by atomic mass is 10.1. The monoisotopic (exact) mass is 216 g/mol. The topological polar surface area (TPSA) is 20.2 Å². The quantitative estimate of drug-likeness (QED) is 0.817. The van der Waals surface area contributed by atoms with Gasteiger partial charge in [-0.3, -0.25) is 0 Å². The Morgan fingerprint density at radius 3 is 2.08 bits per heavy atom. The average molecular weight is 217 g/mol. The van der Waals surface area contributed by atoms with Gasteiger partial charge in [-0.1, -0.05) is 35.2 Å². The molecule has 0 heterocycles. The van der Waals surface area contributed by atoms with Crippen molar-refractivity contribution in [3.63, 3.8) is 0 Å². The van der Waals surface area contributed by atoms with Gasteiger partial charge in [0.05, 0.1) is 0 Å². The van der Waals surface area contributed by atoms with Gasteiger partial charge in [-0.05, 0) is 34.7 Å². The van der Waals surface area contributed by atoms with Gasteiger partial charge in [-0.15, -0.1) is 0 Å². The Kier molecular flexibility index (Phi) is 5.28. The molecule has 1 aromatic carbocycles. The van der Waals surface area contributed by atoms with Gasteiger partial charge in [0.25, 0.3) is 0 Å². The Hall–Kier alpha value is -0.180. The van der Waals surface area contributed by atoms with Crippen LogP contribution in [0.4, 0.5) is 0 Å². The van der Waals surface area contributed by atoms with Crippen LogP contribution in [0.15, 0.2) is 24.3 Å². The minimum atomic E-state index is 0.219. The van der Waals surface area contributed by atoms with Crippen molar-refractivity contribution in [2.45, 2.75) is 12.8 Å². The van der Waals surface area contributed by atoms with Crippen molar-refractivity contribution in [2.75, 3.05) is 12.4 Å². The van der Waals surface area contributed by atoms with Gasteiger partial charge < -0.3 is 5.11 Å². The van der Waals surface area contributed by atoms with E-state index >= 15 is 0 Å². The molecule has 3 heteroatoms. The maximum Gasteiger partial charge on any atom is 0.0471 e. The van der Waals surface area contributed by atoms with Crippen LogP contribution in [0.25, 0.3) is 0 Å². The van der Waals surface area contributed by atoms with E-state index in [9.17, 15) is 0 Å². The smallest absolute Gasteiger partial charge is 0.0471 e. The largest absolute Gasteiger partial charge is 0.396 e. The fourth-order valence-corrected chi connectivity index (χ4v) is 1.70. The van der Waals surface area contributed by atoms with Crippen molar-refractivity contribution in [3.05, 3.63) is 35.4 Å². The maximum atomic E-state index is 8.71. The van der Waals surface area contributed by atoms with Crippen LogP contribution in [0.2, 0.25) is 0 Å². The molecule has 0 aliphatic rings. The Balaban J connectivity index is 2.48. The molecule has 1 aromatic rings. The fourth-order valence-electron chi connectivity index (χ4n) is 1.16. The zero-order valence-electron chi connectivity index (χ0n) is 7.37. The predicted molar refractivity (Wildman–Crippen MR) is 59.2 cm³/mol. The van der Waals surface area contributed by atoms with Crippen molar-refractivity contribution < 1.29 is 5.11 Å². The van der Waals surface area contributed by atoms with E-state index in [1.807, 2.05) is 0 Å². The fraction of sp³-hybridized carbons (Fsp3) is 0.400. The van der Waals surface area contributed by atoms with Crippen molar-refractivity contribution in [3.8, 4) is 0 Å². The first kappa shape index (κ1) is 10.9. The first-order valence-corrected chi connectivity index (χ1v) is 6.10. The van der Waals surface area contributed by atoms with Gasteiger partial charge in [0.1, 0.15) is 0 Å². The average Bonchev–Trinajstić information content (AvgIpc) is 2.17. The number of hydrogen-bond acceptors (Lipinski definition) is 2. The molecule has 1 nitrogen and oxygen atoms in total. The van der Waals surface area contributed by atoms with Crippen LogP contribution in [0.1, 0.15) is 11.1 Å². The van der Waals surface area contributed by atoms with Crippen LogP contribution in [0.3, 0.4) is 0 Å². The summed E-state index contributed by atoms with van der Waals surface area (Å²) in [6.45, 7) is 0.219. The zero-order valence-corrected chi connectivity index (χ0v) is 8.94. The van der Waals surface area contributed by atoms with Gasteiger partial charge in [-0.2, -0.15) is 0 Å². The summed E-state index contributed by atoms with van der Waals surface area (Å²) in [6.07, 6.45) is 1.75. The van der Waals surface area contributed by atoms with Crippen LogP contribution >= 0.6 is 21.7 Å². The predicted octanol–water partition coefficient (Wildman–Crippen LogP) is 2.65. The van der Waals surface area contributed by atoms with E-state index in [1.54, 1.807) is 0 Å². The van der Waals surface area contributed by atoms with Gasteiger partial charge in [-0.25, -0.2) is 0 Å². The highest BCUT2D eigenvalue weighted by atomic mass is 35.7. The molecule has 0 saturated heterocycles. The lowest BCUT2D eigenvalue weighted by Gasteiger charge is -2.01. The third kappa shape index (κ3) is 4.03. The Labute approximate surface area is 87.6 Å². The van der Waals surface area contributed by atoms with E-state index in [2.05, 4.69) is 24.3 Å². The Bertz CT molecular complexity index is 235. The number of halogens is 1. The van der Waals surface area contributed by atoms with Gasteiger partial charge >= 0.3 is 0 Å². The second kappa shape index (κ2) is 6.30. The van der Waals surface area contributed by atoms with Gasteiger partial charge in [0, 0.05) is 12.4 Å². The minimum absolute atomic E-state index is 0.219. The summed E-state index contributed by atoms with van der Waals surface area (Å²) in [4.78, 5) is 0. The second-order valence-electron chi connectivity index (χ2n) is 2.85. The highest BCUT2D eigenvalue weighted by Crippen LogP contribution is 2.11. The molecule has 0 aliphatic carbocycles. The van der Waals surface area contributed by atoms with E-state index in [1.165, 1.54) is 22.1 Å². The summed E-state index contributed by atoms with van der Waals surface area (Å²) < 4.78 is 0. The molecule has 0 aliphatic heterocycles. The molecule has 0 fully saturated rings. The van der Waals surface area contributed by atoms with Gasteiger partial charge in [0.15, 0.2) is 0 Å². The number of aliphatic hydroxyl groups excluding tert-OH is 1. The molecule has 0 aromatic heterocycles. The van der Waals surface area contributed by atoms with Crippen LogP contribution in [0.5, 0.6) is 0 Å². The van der Waals surface area contributed by atoms with Crippen molar-refractivity contribution in [1.82, 2.24) is 0 Å². The van der Waals surface area contributed by atoms with Crippen LogP contribution in [-0.4, -0.2) is 17.5 Å². The zero-order chi connectivity index (χ0) is 9.52. The highest BCUT2D eigenvalue weighted by molar-refractivity contribution is 8.21. The minimum Gasteiger partial charge on any atom is -0.396 e. The van der Waals surface area contributed by atoms with Crippen LogP contribution < -0.4 is 0 Å². The number of benzene rings is 1. The molecule has 0 saturated carbocycles. The van der Waals surface area contributed by atoms with E-state index in [-0.39, 0.29) is 6.61 Å². The summed E-state index contributed by atoms with van der Waals surface area (Å²) in [5.41, 5.74) is 2.49. The maximum absolute atomic E-state index is 8.71. The molecule has 1 rings (SSSR count). The van der Waals surface area contributed by atoms with Crippen molar-refractivity contribution in [1.29, 1.82) is 0 Å². The van der Waals surface area contributed by atoms with Crippen molar-refractivity contribution >= 4 is 21.7 Å². The standard InChI is InChI=1S/C10H13ClOS/c11-13-8-6-10-3-1-9(2-4-10)5-7-12/h1-4,12H,5-8H2. The van der Waals surface area contributed by atoms with E-state index < -0.39 is 0 Å². The van der Waals surface area contributed by atoms with Crippen LogP contribution in [-0.2, 0) is 12.8 Å².